The van der Waals surface area contributed by atoms with Crippen molar-refractivity contribution in [2.24, 2.45) is 0 Å². The van der Waals surface area contributed by atoms with E-state index in [1.807, 2.05) is 4.90 Å². The van der Waals surface area contributed by atoms with E-state index in [1.54, 1.807) is 6.07 Å². The lowest BCUT2D eigenvalue weighted by Gasteiger charge is -2.18. The van der Waals surface area contributed by atoms with Gasteiger partial charge in [-0.25, -0.2) is 9.37 Å². The van der Waals surface area contributed by atoms with E-state index in [4.69, 9.17) is 11.6 Å². The van der Waals surface area contributed by atoms with Crippen LogP contribution in [0.15, 0.2) is 36.5 Å². The topological polar surface area (TPSA) is 45.2 Å². The number of pyridine rings is 1. The van der Waals surface area contributed by atoms with Crippen LogP contribution in [0.5, 0.6) is 0 Å². The van der Waals surface area contributed by atoms with E-state index < -0.39 is 17.6 Å². The highest BCUT2D eigenvalue weighted by molar-refractivity contribution is 6.31. The van der Waals surface area contributed by atoms with Crippen molar-refractivity contribution in [2.45, 2.75) is 31.5 Å². The molecule has 1 N–H and O–H groups in total. The molecule has 1 aliphatic heterocycles. The Kier molecular flexibility index (Phi) is 6.07. The third-order valence-electron chi connectivity index (χ3n) is 4.62. The van der Waals surface area contributed by atoms with Crippen LogP contribution in [0.3, 0.4) is 0 Å². The predicted molar refractivity (Wildman–Crippen MR) is 97.7 cm³/mol. The van der Waals surface area contributed by atoms with Crippen molar-refractivity contribution in [3.8, 4) is 0 Å². The molecule has 4 nitrogen and oxygen atoms in total. The summed E-state index contributed by atoms with van der Waals surface area (Å²) in [6.45, 7) is 1.02. The zero-order chi connectivity index (χ0) is 20.3. The van der Waals surface area contributed by atoms with Crippen molar-refractivity contribution in [1.29, 1.82) is 0 Å². The molecular formula is C19H18ClF4N3O. The number of rotatable bonds is 5. The molecule has 2 aromatic rings. The molecule has 0 bridgehead atoms. The summed E-state index contributed by atoms with van der Waals surface area (Å²) < 4.78 is 51.6. The number of aromatic nitrogens is 1. The summed E-state index contributed by atoms with van der Waals surface area (Å²) in [6.07, 6.45) is -2.69. The van der Waals surface area contributed by atoms with Gasteiger partial charge in [0.25, 0.3) is 0 Å². The van der Waals surface area contributed by atoms with Gasteiger partial charge in [-0.05, 0) is 37.1 Å². The number of carbonyl (C=O) groups is 1. The van der Waals surface area contributed by atoms with Gasteiger partial charge in [0.05, 0.1) is 5.56 Å². The molecule has 150 valence electrons. The van der Waals surface area contributed by atoms with Crippen molar-refractivity contribution in [1.82, 2.24) is 10.3 Å². The number of hydrogen-bond acceptors (Lipinski definition) is 3. The first-order valence-corrected chi connectivity index (χ1v) is 9.12. The van der Waals surface area contributed by atoms with Crippen molar-refractivity contribution in [3.05, 3.63) is 58.5 Å². The fraction of sp³-hybridized carbons (Fsp3) is 0.368. The molecule has 3 rings (SSSR count). The molecule has 1 atom stereocenters. The normalized spacial score (nSPS) is 17.0. The van der Waals surface area contributed by atoms with Crippen molar-refractivity contribution in [3.63, 3.8) is 0 Å². The minimum atomic E-state index is -4.42. The standard InChI is InChI=1S/C19H18ClF4N3O/c20-15-2-1-3-16(21)14(15)5-7-18(28)26-13-8-9-27(11-13)17-6-4-12(10-25-17)19(22,23)24/h1-4,6,10,13H,5,7-9,11H2,(H,26,28)/t13-/m0/s1. The molecule has 2 heterocycles. The van der Waals surface area contributed by atoms with E-state index in [1.165, 1.54) is 18.2 Å². The second kappa shape index (κ2) is 8.34. The Balaban J connectivity index is 1.51. The van der Waals surface area contributed by atoms with E-state index in [0.717, 1.165) is 12.3 Å². The zero-order valence-electron chi connectivity index (χ0n) is 14.8. The maximum Gasteiger partial charge on any atom is 0.417 e. The Morgan fingerprint density at radius 3 is 2.71 bits per heavy atom. The summed E-state index contributed by atoms with van der Waals surface area (Å²) in [7, 11) is 0. The lowest BCUT2D eigenvalue weighted by Crippen LogP contribution is -2.37. The molecule has 9 heteroatoms. The Hall–Kier alpha value is -2.35. The van der Waals surface area contributed by atoms with Crippen LogP contribution in [0.1, 0.15) is 24.0 Å². The molecule has 1 aromatic heterocycles. The average Bonchev–Trinajstić information content (AvgIpc) is 3.09. The van der Waals surface area contributed by atoms with Gasteiger partial charge in [-0.15, -0.1) is 0 Å². The molecule has 0 saturated carbocycles. The summed E-state index contributed by atoms with van der Waals surface area (Å²) in [5.41, 5.74) is -0.492. The first-order valence-electron chi connectivity index (χ1n) is 8.74. The number of nitrogens with one attached hydrogen (secondary N) is 1. The van der Waals surface area contributed by atoms with Gasteiger partial charge in [-0.2, -0.15) is 13.2 Å². The smallest absolute Gasteiger partial charge is 0.354 e. The van der Waals surface area contributed by atoms with Gasteiger partial charge in [0, 0.05) is 42.3 Å². The Morgan fingerprint density at radius 2 is 2.07 bits per heavy atom. The minimum absolute atomic E-state index is 0.0929. The highest BCUT2D eigenvalue weighted by Gasteiger charge is 2.31. The number of anilines is 1. The second-order valence-electron chi connectivity index (χ2n) is 6.60. The minimum Gasteiger partial charge on any atom is -0.354 e. The lowest BCUT2D eigenvalue weighted by atomic mass is 10.1. The molecule has 0 aliphatic carbocycles. The number of nitrogens with zero attached hydrogens (tertiary/aromatic N) is 2. The summed E-state index contributed by atoms with van der Waals surface area (Å²) in [4.78, 5) is 17.8. The maximum absolute atomic E-state index is 13.7. The molecule has 1 fully saturated rings. The first kappa shape index (κ1) is 20.4. The average molecular weight is 416 g/mol. The van der Waals surface area contributed by atoms with Gasteiger partial charge in [-0.1, -0.05) is 17.7 Å². The third kappa shape index (κ3) is 4.92. The van der Waals surface area contributed by atoms with Crippen LogP contribution in [-0.2, 0) is 17.4 Å². The van der Waals surface area contributed by atoms with Crippen molar-refractivity contribution < 1.29 is 22.4 Å². The second-order valence-corrected chi connectivity index (χ2v) is 7.01. The summed E-state index contributed by atoms with van der Waals surface area (Å²) in [6, 6.07) is 6.55. The molecule has 0 radical (unpaired) electrons. The number of carbonyl (C=O) groups excluding carboxylic acids is 1. The van der Waals surface area contributed by atoms with Crippen LogP contribution in [0.2, 0.25) is 5.02 Å². The van der Waals surface area contributed by atoms with E-state index in [0.29, 0.717) is 30.9 Å². The van der Waals surface area contributed by atoms with Crippen LogP contribution in [0.25, 0.3) is 0 Å². The molecule has 1 aromatic carbocycles. The largest absolute Gasteiger partial charge is 0.417 e. The number of amides is 1. The molecule has 1 amide bonds. The maximum atomic E-state index is 13.7. The van der Waals surface area contributed by atoms with Gasteiger partial charge in [0.1, 0.15) is 11.6 Å². The van der Waals surface area contributed by atoms with Crippen LogP contribution in [0.4, 0.5) is 23.4 Å². The van der Waals surface area contributed by atoms with Crippen LogP contribution in [0, 0.1) is 5.82 Å². The molecule has 28 heavy (non-hydrogen) atoms. The summed E-state index contributed by atoms with van der Waals surface area (Å²) in [5, 5.41) is 3.15. The van der Waals surface area contributed by atoms with Gasteiger partial charge in [-0.3, -0.25) is 4.79 Å². The van der Waals surface area contributed by atoms with Crippen LogP contribution < -0.4 is 10.2 Å². The molecule has 0 spiro atoms. The van der Waals surface area contributed by atoms with E-state index in [2.05, 4.69) is 10.3 Å². The third-order valence-corrected chi connectivity index (χ3v) is 4.97. The Morgan fingerprint density at radius 1 is 1.29 bits per heavy atom. The number of halogens is 5. The monoisotopic (exact) mass is 415 g/mol. The lowest BCUT2D eigenvalue weighted by molar-refractivity contribution is -0.137. The predicted octanol–water partition coefficient (Wildman–Crippen LogP) is 4.22. The SMILES string of the molecule is O=C(CCc1c(F)cccc1Cl)N[C@H]1CCN(c2ccc(C(F)(F)F)cn2)C1. The molecule has 0 unspecified atom stereocenters. The van der Waals surface area contributed by atoms with Crippen LogP contribution >= 0.6 is 11.6 Å². The van der Waals surface area contributed by atoms with Gasteiger partial charge in [0.2, 0.25) is 5.91 Å². The van der Waals surface area contributed by atoms with Crippen molar-refractivity contribution >= 4 is 23.3 Å². The fourth-order valence-electron chi connectivity index (χ4n) is 3.14. The van der Waals surface area contributed by atoms with Gasteiger partial charge < -0.3 is 10.2 Å². The summed E-state index contributed by atoms with van der Waals surface area (Å²) in [5.74, 6) is -0.241. The number of benzene rings is 1. The number of hydrogen-bond donors (Lipinski definition) is 1. The molecule has 1 aliphatic rings. The molecular weight excluding hydrogens is 398 g/mol. The van der Waals surface area contributed by atoms with Crippen LogP contribution in [-0.4, -0.2) is 30.0 Å². The van der Waals surface area contributed by atoms with E-state index >= 15 is 0 Å². The fourth-order valence-corrected chi connectivity index (χ4v) is 3.39. The number of alkyl halides is 3. The first-order chi connectivity index (χ1) is 13.2. The Bertz CT molecular complexity index is 822. The van der Waals surface area contributed by atoms with Gasteiger partial charge in [0.15, 0.2) is 0 Å². The van der Waals surface area contributed by atoms with Gasteiger partial charge >= 0.3 is 6.18 Å². The molecule has 1 saturated heterocycles. The Labute approximate surface area is 164 Å². The zero-order valence-corrected chi connectivity index (χ0v) is 15.5. The van der Waals surface area contributed by atoms with E-state index in [9.17, 15) is 22.4 Å². The van der Waals surface area contributed by atoms with E-state index in [-0.39, 0.29) is 29.8 Å². The highest BCUT2D eigenvalue weighted by atomic mass is 35.5. The quantitative estimate of drug-likeness (QED) is 0.744. The van der Waals surface area contributed by atoms with Crippen molar-refractivity contribution in [2.75, 3.05) is 18.0 Å². The summed E-state index contributed by atoms with van der Waals surface area (Å²) >= 11 is 5.95. The highest BCUT2D eigenvalue weighted by Crippen LogP contribution is 2.30.